The Labute approximate surface area is 189 Å². The van der Waals surface area contributed by atoms with Gasteiger partial charge in [-0.2, -0.15) is 0 Å². The van der Waals surface area contributed by atoms with Gasteiger partial charge in [0, 0.05) is 29.7 Å². The number of nitrogens with zero attached hydrogens (tertiary/aromatic N) is 2. The van der Waals surface area contributed by atoms with Crippen LogP contribution in [0.25, 0.3) is 0 Å². The smallest absolute Gasteiger partial charge is 0.414 e. The van der Waals surface area contributed by atoms with Crippen LogP contribution in [-0.2, 0) is 11.2 Å². The van der Waals surface area contributed by atoms with E-state index in [2.05, 4.69) is 4.90 Å². The third-order valence-corrected chi connectivity index (χ3v) is 6.70. The van der Waals surface area contributed by atoms with Crippen molar-refractivity contribution >= 4 is 35.0 Å². The van der Waals surface area contributed by atoms with Gasteiger partial charge in [0.1, 0.15) is 24.3 Å². The number of ether oxygens (including phenoxy) is 2. The van der Waals surface area contributed by atoms with Gasteiger partial charge < -0.3 is 14.6 Å². The van der Waals surface area contributed by atoms with Gasteiger partial charge in [-0.1, -0.05) is 23.2 Å². The first kappa shape index (κ1) is 20.8. The summed E-state index contributed by atoms with van der Waals surface area (Å²) in [4.78, 5) is 15.6. The van der Waals surface area contributed by atoms with Crippen molar-refractivity contribution in [2.24, 2.45) is 0 Å². The van der Waals surface area contributed by atoms with Crippen molar-refractivity contribution in [2.75, 3.05) is 31.1 Å². The number of aliphatic hydroxyl groups excluding tert-OH is 1. The van der Waals surface area contributed by atoms with E-state index in [9.17, 15) is 14.3 Å². The number of hydrogen-bond donors (Lipinski definition) is 1. The summed E-state index contributed by atoms with van der Waals surface area (Å²) in [7, 11) is 0. The molecule has 0 aromatic heterocycles. The standard InChI is InChI=1S/C22H21Cl2FN2O4/c23-12-7-16-15(18(25)8-12)10-19(26-4-3-14(28)11-26)21(16)31-20-9-13(1-2-17(20)24)27-5-6-30-22(27)29/h1-2,7-9,14,19,21,28H,3-6,10-11H2/t14-,19+,21+/m1/s1. The number of cyclic esters (lactones) is 1. The van der Waals surface area contributed by atoms with Gasteiger partial charge in [0.15, 0.2) is 0 Å². The Hall–Kier alpha value is -2.06. The molecule has 1 aliphatic carbocycles. The molecule has 1 N–H and O–H groups in total. The summed E-state index contributed by atoms with van der Waals surface area (Å²) in [5.74, 6) is 0.0276. The molecule has 1 amide bonds. The number of carbonyl (C=O) groups is 1. The molecule has 3 atom stereocenters. The second-order valence-corrected chi connectivity index (χ2v) is 8.93. The molecule has 0 unspecified atom stereocenters. The lowest BCUT2D eigenvalue weighted by atomic mass is 10.1. The average molecular weight is 467 g/mol. The van der Waals surface area contributed by atoms with E-state index in [1.54, 1.807) is 24.3 Å². The van der Waals surface area contributed by atoms with Gasteiger partial charge in [0.25, 0.3) is 0 Å². The molecule has 9 heteroatoms. The number of hydrogen-bond acceptors (Lipinski definition) is 5. The second-order valence-electron chi connectivity index (χ2n) is 8.08. The highest BCUT2D eigenvalue weighted by molar-refractivity contribution is 6.32. The van der Waals surface area contributed by atoms with Crippen LogP contribution in [0.3, 0.4) is 0 Å². The Balaban J connectivity index is 1.51. The van der Waals surface area contributed by atoms with Gasteiger partial charge in [0.05, 0.1) is 29.4 Å². The van der Waals surface area contributed by atoms with Gasteiger partial charge in [0.2, 0.25) is 0 Å². The Kier molecular flexibility index (Phi) is 5.46. The molecule has 164 valence electrons. The van der Waals surface area contributed by atoms with E-state index in [4.69, 9.17) is 32.7 Å². The molecule has 0 spiro atoms. The SMILES string of the molecule is O=C1OCCN1c1ccc(Cl)c(O[C@H]2c3cc(Cl)cc(F)c3C[C@@H]2N2CC[C@@H](O)C2)c1. The van der Waals surface area contributed by atoms with Gasteiger partial charge in [-0.25, -0.2) is 9.18 Å². The second kappa shape index (κ2) is 8.13. The van der Waals surface area contributed by atoms with Crippen LogP contribution in [0, 0.1) is 5.82 Å². The molecule has 2 heterocycles. The lowest BCUT2D eigenvalue weighted by molar-refractivity contribution is 0.0819. The number of anilines is 1. The number of β-amino-alcohol motifs (C(OH)–C–C–N with tert-alkyl or cyclic N) is 1. The van der Waals surface area contributed by atoms with Crippen LogP contribution in [0.15, 0.2) is 30.3 Å². The Bertz CT molecular complexity index is 1040. The zero-order chi connectivity index (χ0) is 21.7. The van der Waals surface area contributed by atoms with Crippen LogP contribution >= 0.6 is 23.2 Å². The van der Waals surface area contributed by atoms with Gasteiger partial charge in [-0.05, 0) is 42.7 Å². The Morgan fingerprint density at radius 2 is 2.03 bits per heavy atom. The third-order valence-electron chi connectivity index (χ3n) is 6.17. The first-order chi connectivity index (χ1) is 14.9. The molecule has 6 nitrogen and oxygen atoms in total. The van der Waals surface area contributed by atoms with Gasteiger partial charge in [-0.3, -0.25) is 9.80 Å². The van der Waals surface area contributed by atoms with E-state index in [-0.39, 0.29) is 11.9 Å². The topological polar surface area (TPSA) is 62.2 Å². The highest BCUT2D eigenvalue weighted by Crippen LogP contribution is 2.43. The highest BCUT2D eigenvalue weighted by atomic mass is 35.5. The monoisotopic (exact) mass is 466 g/mol. The summed E-state index contributed by atoms with van der Waals surface area (Å²) in [6.07, 6.45) is -0.239. The Morgan fingerprint density at radius 1 is 1.19 bits per heavy atom. The maximum absolute atomic E-state index is 14.7. The van der Waals surface area contributed by atoms with E-state index in [1.165, 1.54) is 11.0 Å². The molecule has 31 heavy (non-hydrogen) atoms. The quantitative estimate of drug-likeness (QED) is 0.731. The molecular weight excluding hydrogens is 446 g/mol. The zero-order valence-electron chi connectivity index (χ0n) is 16.6. The summed E-state index contributed by atoms with van der Waals surface area (Å²) >= 11 is 12.6. The van der Waals surface area contributed by atoms with Crippen LogP contribution in [-0.4, -0.2) is 54.5 Å². The highest BCUT2D eigenvalue weighted by Gasteiger charge is 2.42. The van der Waals surface area contributed by atoms with Gasteiger partial charge in [-0.15, -0.1) is 0 Å². The van der Waals surface area contributed by atoms with E-state index < -0.39 is 18.3 Å². The van der Waals surface area contributed by atoms with Crippen molar-refractivity contribution in [3.63, 3.8) is 0 Å². The number of benzene rings is 2. The molecule has 0 radical (unpaired) electrons. The summed E-state index contributed by atoms with van der Waals surface area (Å²) < 4.78 is 26.1. The molecule has 3 aliphatic rings. The van der Waals surface area contributed by atoms with Crippen LogP contribution < -0.4 is 9.64 Å². The summed E-state index contributed by atoms with van der Waals surface area (Å²) in [5.41, 5.74) is 1.86. The van der Waals surface area contributed by atoms with Crippen molar-refractivity contribution in [1.29, 1.82) is 0 Å². The van der Waals surface area contributed by atoms with E-state index >= 15 is 0 Å². The summed E-state index contributed by atoms with van der Waals surface area (Å²) in [6.45, 7) is 1.97. The summed E-state index contributed by atoms with van der Waals surface area (Å²) in [5, 5.41) is 10.7. The minimum absolute atomic E-state index is 0.170. The fourth-order valence-electron chi connectivity index (χ4n) is 4.66. The maximum atomic E-state index is 14.7. The number of aliphatic hydroxyl groups is 1. The number of amides is 1. The minimum Gasteiger partial charge on any atom is -0.482 e. The number of likely N-dealkylation sites (tertiary alicyclic amines) is 1. The molecule has 2 aliphatic heterocycles. The molecule has 2 saturated heterocycles. The van der Waals surface area contributed by atoms with E-state index in [0.29, 0.717) is 71.7 Å². The van der Waals surface area contributed by atoms with Crippen molar-refractivity contribution < 1.29 is 23.8 Å². The molecule has 0 saturated carbocycles. The molecule has 5 rings (SSSR count). The van der Waals surface area contributed by atoms with Crippen molar-refractivity contribution in [1.82, 2.24) is 4.90 Å². The fourth-order valence-corrected chi connectivity index (χ4v) is 5.04. The van der Waals surface area contributed by atoms with Crippen LogP contribution in [0.1, 0.15) is 23.7 Å². The molecule has 2 aromatic rings. The van der Waals surface area contributed by atoms with Crippen molar-refractivity contribution in [3.8, 4) is 5.75 Å². The molecule has 2 aromatic carbocycles. The first-order valence-electron chi connectivity index (χ1n) is 10.2. The van der Waals surface area contributed by atoms with Crippen molar-refractivity contribution in [2.45, 2.75) is 31.1 Å². The predicted octanol–water partition coefficient (Wildman–Crippen LogP) is 4.20. The van der Waals surface area contributed by atoms with Crippen molar-refractivity contribution in [3.05, 3.63) is 57.3 Å². The first-order valence-corrected chi connectivity index (χ1v) is 11.0. The van der Waals surface area contributed by atoms with E-state index in [1.807, 2.05) is 0 Å². The number of halogens is 3. The lowest BCUT2D eigenvalue weighted by Crippen LogP contribution is -2.39. The molecule has 0 bridgehead atoms. The number of fused-ring (bicyclic) bond motifs is 1. The van der Waals surface area contributed by atoms with Crippen LogP contribution in [0.4, 0.5) is 14.9 Å². The average Bonchev–Trinajstić information content (AvgIpc) is 3.43. The fraction of sp³-hybridized carbons (Fsp3) is 0.409. The summed E-state index contributed by atoms with van der Waals surface area (Å²) in [6, 6.07) is 7.97. The minimum atomic E-state index is -0.522. The third kappa shape index (κ3) is 3.84. The normalized spacial score (nSPS) is 25.7. The largest absolute Gasteiger partial charge is 0.482 e. The molecule has 2 fully saturated rings. The zero-order valence-corrected chi connectivity index (χ0v) is 18.1. The van der Waals surface area contributed by atoms with Crippen LogP contribution in [0.5, 0.6) is 5.75 Å². The molecular formula is C22H21Cl2FN2O4. The van der Waals surface area contributed by atoms with Gasteiger partial charge >= 0.3 is 6.09 Å². The van der Waals surface area contributed by atoms with E-state index in [0.717, 1.165) is 0 Å². The maximum Gasteiger partial charge on any atom is 0.414 e. The number of carbonyl (C=O) groups excluding carboxylic acids is 1. The number of rotatable bonds is 4. The Morgan fingerprint density at radius 3 is 2.74 bits per heavy atom. The lowest BCUT2D eigenvalue weighted by Gasteiger charge is -2.30. The van der Waals surface area contributed by atoms with Crippen LogP contribution in [0.2, 0.25) is 10.0 Å². The predicted molar refractivity (Wildman–Crippen MR) is 115 cm³/mol.